The average Bonchev–Trinajstić information content (AvgIpc) is 3.69. The van der Waals surface area contributed by atoms with Gasteiger partial charge in [0.05, 0.1) is 35.0 Å². The van der Waals surface area contributed by atoms with Crippen LogP contribution in [0.2, 0.25) is 0 Å². The maximum atomic E-state index is 13.5. The largest absolute Gasteiger partial charge is 0.494 e. The number of rotatable bonds is 11. The summed E-state index contributed by atoms with van der Waals surface area (Å²) in [6, 6.07) is 9.97. The Morgan fingerprint density at radius 3 is 2.50 bits per heavy atom. The predicted octanol–water partition coefficient (Wildman–Crippen LogP) is 6.12. The van der Waals surface area contributed by atoms with Crippen LogP contribution < -0.4 is 25.6 Å². The van der Waals surface area contributed by atoms with E-state index >= 15 is 0 Å². The summed E-state index contributed by atoms with van der Waals surface area (Å²) in [4.78, 5) is 79.5. The number of aryl methyl sites for hydroxylation is 1. The van der Waals surface area contributed by atoms with E-state index in [4.69, 9.17) is 4.74 Å². The zero-order valence-corrected chi connectivity index (χ0v) is 35.4. The lowest BCUT2D eigenvalue weighted by molar-refractivity contribution is -0.136. The molecule has 2 unspecified atom stereocenters. The van der Waals surface area contributed by atoms with Gasteiger partial charge in [0, 0.05) is 49.4 Å². The van der Waals surface area contributed by atoms with Crippen molar-refractivity contribution in [3.63, 3.8) is 0 Å². The predicted molar refractivity (Wildman–Crippen MR) is 228 cm³/mol. The number of aromatic nitrogens is 2. The first-order valence-corrected chi connectivity index (χ1v) is 22.4. The summed E-state index contributed by atoms with van der Waals surface area (Å²) < 4.78 is 5.72. The van der Waals surface area contributed by atoms with Crippen LogP contribution >= 0.6 is 11.8 Å². The van der Waals surface area contributed by atoms with E-state index in [9.17, 15) is 24.0 Å². The maximum Gasteiger partial charge on any atom is 0.274 e. The van der Waals surface area contributed by atoms with Crippen LogP contribution in [0, 0.1) is 30.1 Å². The molecule has 316 valence electrons. The van der Waals surface area contributed by atoms with Crippen LogP contribution in [-0.4, -0.2) is 101 Å². The number of methoxy groups -OCH3 is 1. The van der Waals surface area contributed by atoms with Crippen molar-refractivity contribution in [2.45, 2.75) is 93.9 Å². The number of fused-ring (bicyclic) bond motifs is 2. The second kappa shape index (κ2) is 16.4. The first-order chi connectivity index (χ1) is 29.0. The van der Waals surface area contributed by atoms with Gasteiger partial charge >= 0.3 is 0 Å². The second-order valence-corrected chi connectivity index (χ2v) is 19.0. The van der Waals surface area contributed by atoms with Gasteiger partial charge < -0.3 is 25.2 Å². The molecule has 4 aliphatic heterocycles. The molecule has 2 atom stereocenters. The first-order valence-electron chi connectivity index (χ1n) is 21.5. The molecule has 60 heavy (non-hydrogen) atoms. The van der Waals surface area contributed by atoms with Crippen molar-refractivity contribution >= 4 is 58.4 Å². The number of imide groups is 2. The van der Waals surface area contributed by atoms with Crippen LogP contribution in [0.25, 0.3) is 0 Å². The van der Waals surface area contributed by atoms with Gasteiger partial charge in [0.15, 0.2) is 0 Å². The smallest absolute Gasteiger partial charge is 0.274 e. The van der Waals surface area contributed by atoms with Crippen molar-refractivity contribution in [2.24, 2.45) is 23.2 Å². The molecule has 9 rings (SSSR count). The SMILES string of the molecule is COc1cc2c(cc1NC(=O)c1ccnc(C)n1)SC([C@H]1CC[C@H](CN3CCC4(CC3)CC(CCNc3cccc5c3C(=O)N(C3CCC(=O)NC3=O)C5=O)C4)CC1)N2C. The molecule has 1 spiro atoms. The van der Waals surface area contributed by atoms with Crippen LogP contribution in [0.1, 0.15) is 108 Å². The molecule has 1 aromatic heterocycles. The molecule has 2 saturated carbocycles. The lowest BCUT2D eigenvalue weighted by Gasteiger charge is -2.53. The minimum Gasteiger partial charge on any atom is -0.494 e. The normalized spacial score (nSPS) is 25.2. The number of nitrogens with zero attached hydrogens (tertiary/aromatic N) is 5. The third kappa shape index (κ3) is 7.74. The molecule has 3 aromatic rings. The van der Waals surface area contributed by atoms with Crippen molar-refractivity contribution in [3.8, 4) is 5.75 Å². The van der Waals surface area contributed by atoms with E-state index in [1.165, 1.54) is 71.0 Å². The van der Waals surface area contributed by atoms with E-state index in [0.717, 1.165) is 27.8 Å². The quantitative estimate of drug-likeness (QED) is 0.190. The summed E-state index contributed by atoms with van der Waals surface area (Å²) in [7, 11) is 3.82. The number of hydrogen-bond acceptors (Lipinski definition) is 12. The first kappa shape index (κ1) is 40.4. The zero-order chi connectivity index (χ0) is 41.7. The minimum atomic E-state index is -0.967. The van der Waals surface area contributed by atoms with E-state index in [0.29, 0.717) is 68.9 Å². The maximum absolute atomic E-state index is 13.5. The number of benzene rings is 2. The molecule has 2 aromatic carbocycles. The molecular weight excluding hydrogens is 781 g/mol. The number of amides is 5. The Morgan fingerprint density at radius 1 is 0.983 bits per heavy atom. The Kier molecular flexibility index (Phi) is 11.1. The summed E-state index contributed by atoms with van der Waals surface area (Å²) in [5.74, 6) is 0.944. The topological polar surface area (TPSA) is 166 Å². The number of thioether (sulfide) groups is 1. The van der Waals surface area contributed by atoms with Crippen LogP contribution in [0.4, 0.5) is 17.1 Å². The van der Waals surface area contributed by atoms with Crippen molar-refractivity contribution < 1.29 is 28.7 Å². The number of carbonyl (C=O) groups is 5. The number of nitrogens with one attached hydrogen (secondary N) is 3. The highest BCUT2D eigenvalue weighted by atomic mass is 32.2. The number of anilines is 3. The van der Waals surface area contributed by atoms with E-state index < -0.39 is 23.8 Å². The number of hydrogen-bond donors (Lipinski definition) is 3. The second-order valence-electron chi connectivity index (χ2n) is 17.8. The molecule has 5 heterocycles. The molecule has 15 heteroatoms. The highest BCUT2D eigenvalue weighted by Gasteiger charge is 2.47. The molecule has 4 fully saturated rings. The van der Waals surface area contributed by atoms with Gasteiger partial charge in [-0.05, 0) is 132 Å². The van der Waals surface area contributed by atoms with Gasteiger partial charge in [-0.25, -0.2) is 9.97 Å². The number of likely N-dealkylation sites (tertiary alicyclic amines) is 1. The van der Waals surface area contributed by atoms with Crippen molar-refractivity contribution in [2.75, 3.05) is 55.9 Å². The average molecular weight is 835 g/mol. The van der Waals surface area contributed by atoms with E-state index in [1.54, 1.807) is 38.4 Å². The summed E-state index contributed by atoms with van der Waals surface area (Å²) in [5, 5.41) is 9.06. The van der Waals surface area contributed by atoms with Gasteiger partial charge in [0.1, 0.15) is 23.3 Å². The van der Waals surface area contributed by atoms with E-state index in [2.05, 4.69) is 42.8 Å². The fourth-order valence-corrected chi connectivity index (χ4v) is 12.3. The minimum absolute atomic E-state index is 0.100. The molecule has 14 nitrogen and oxygen atoms in total. The molecule has 2 saturated heterocycles. The Hall–Kier alpha value is -5.02. The monoisotopic (exact) mass is 834 g/mol. The molecule has 0 radical (unpaired) electrons. The Labute approximate surface area is 355 Å². The molecule has 2 aliphatic carbocycles. The van der Waals surface area contributed by atoms with Crippen molar-refractivity contribution in [1.29, 1.82) is 0 Å². The summed E-state index contributed by atoms with van der Waals surface area (Å²) in [6.45, 7) is 6.03. The van der Waals surface area contributed by atoms with Crippen LogP contribution in [0.5, 0.6) is 5.75 Å². The summed E-state index contributed by atoms with van der Waals surface area (Å²) in [5.41, 5.74) is 3.82. The fraction of sp³-hybridized carbons (Fsp3) is 0.533. The van der Waals surface area contributed by atoms with Gasteiger partial charge in [-0.3, -0.25) is 34.2 Å². The summed E-state index contributed by atoms with van der Waals surface area (Å²) >= 11 is 1.90. The van der Waals surface area contributed by atoms with Gasteiger partial charge in [-0.2, -0.15) is 0 Å². The van der Waals surface area contributed by atoms with Gasteiger partial charge in [0.2, 0.25) is 11.8 Å². The standard InChI is InChI=1S/C45H54N8O6S/c1-26-46-18-14-32(48-26)40(55)49-33-21-37-35(22-36(33)59-3)51(2)44(60-37)29-9-7-27(8-10-29)25-52-19-15-45(16-20-52)23-28(24-45)13-17-47-31-6-4-5-30-39(31)43(58)53(42(30)57)34-11-12-38(54)50-41(34)56/h4-6,14,18,21-22,27-29,34,44,47H,7-13,15-17,19-20,23-25H2,1-3H3,(H,49,55)(H,50,54,56)/t27-,29-,34?,44?. The fourth-order valence-electron chi connectivity index (χ4n) is 10.8. The van der Waals surface area contributed by atoms with E-state index in [1.807, 2.05) is 30.0 Å². The Morgan fingerprint density at radius 2 is 1.77 bits per heavy atom. The lowest BCUT2D eigenvalue weighted by Crippen LogP contribution is -2.54. The summed E-state index contributed by atoms with van der Waals surface area (Å²) in [6.07, 6.45) is 12.8. The third-order valence-electron chi connectivity index (χ3n) is 14.1. The lowest BCUT2D eigenvalue weighted by atomic mass is 9.57. The van der Waals surface area contributed by atoms with Crippen molar-refractivity contribution in [1.82, 2.24) is 25.1 Å². The molecule has 0 bridgehead atoms. The van der Waals surface area contributed by atoms with Gasteiger partial charge in [0.25, 0.3) is 17.7 Å². The number of piperidine rings is 2. The van der Waals surface area contributed by atoms with Crippen LogP contribution in [-0.2, 0) is 9.59 Å². The van der Waals surface area contributed by atoms with Gasteiger partial charge in [-0.1, -0.05) is 17.8 Å². The molecule has 3 N–H and O–H groups in total. The zero-order valence-electron chi connectivity index (χ0n) is 34.6. The Bertz CT molecular complexity index is 2210. The molecule has 5 amide bonds. The van der Waals surface area contributed by atoms with Crippen LogP contribution in [0.3, 0.4) is 0 Å². The molecule has 6 aliphatic rings. The molecular formula is C45H54N8O6S. The van der Waals surface area contributed by atoms with Crippen LogP contribution in [0.15, 0.2) is 47.5 Å². The van der Waals surface area contributed by atoms with Gasteiger partial charge in [-0.15, -0.1) is 0 Å². The number of ether oxygens (including phenoxy) is 1. The number of carbonyl (C=O) groups excluding carboxylic acids is 5. The highest BCUT2D eigenvalue weighted by molar-refractivity contribution is 8.00. The third-order valence-corrected chi connectivity index (χ3v) is 15.6. The van der Waals surface area contributed by atoms with E-state index in [-0.39, 0.29) is 24.7 Å². The van der Waals surface area contributed by atoms with Crippen molar-refractivity contribution in [3.05, 3.63) is 65.2 Å². The Balaban J connectivity index is 0.704. The highest BCUT2D eigenvalue weighted by Crippen LogP contribution is 2.54.